The quantitative estimate of drug-likeness (QED) is 0.835. The van der Waals surface area contributed by atoms with E-state index in [9.17, 15) is 18.4 Å². The fraction of sp³-hybridized carbons (Fsp3) is 0.222. The van der Waals surface area contributed by atoms with Crippen molar-refractivity contribution in [2.45, 2.75) is 0 Å². The summed E-state index contributed by atoms with van der Waals surface area (Å²) >= 11 is 0. The second-order valence-corrected chi connectivity index (χ2v) is 5.31. The van der Waals surface area contributed by atoms with Gasteiger partial charge in [-0.05, 0) is 42.5 Å². The van der Waals surface area contributed by atoms with Gasteiger partial charge in [0.25, 0.3) is 5.91 Å². The van der Waals surface area contributed by atoms with Crippen molar-refractivity contribution in [1.29, 1.82) is 0 Å². The lowest BCUT2D eigenvalue weighted by Crippen LogP contribution is -2.39. The van der Waals surface area contributed by atoms with E-state index in [0.717, 1.165) is 6.07 Å². The van der Waals surface area contributed by atoms with Crippen molar-refractivity contribution in [2.24, 2.45) is 0 Å². The van der Waals surface area contributed by atoms with E-state index in [2.05, 4.69) is 5.32 Å². The summed E-state index contributed by atoms with van der Waals surface area (Å²) in [4.78, 5) is 25.2. The third-order valence-electron chi connectivity index (χ3n) is 3.42. The summed E-state index contributed by atoms with van der Waals surface area (Å²) in [5.74, 6) is -1.21. The summed E-state index contributed by atoms with van der Waals surface area (Å²) in [6.45, 7) is 0.320. The number of rotatable bonds is 7. The molecule has 0 aliphatic heterocycles. The molecule has 7 heteroatoms. The average molecular weight is 348 g/mol. The number of benzene rings is 2. The SMILES string of the molecule is CN(CCOc1ccc(F)cc1)C(=O)CNC(=O)c1cccc(F)c1. The molecular weight excluding hydrogens is 330 g/mol. The van der Waals surface area contributed by atoms with Crippen LogP contribution in [0.25, 0.3) is 0 Å². The highest BCUT2D eigenvalue weighted by Gasteiger charge is 2.12. The van der Waals surface area contributed by atoms with Gasteiger partial charge in [0.05, 0.1) is 13.1 Å². The summed E-state index contributed by atoms with van der Waals surface area (Å²) in [6, 6.07) is 10.8. The standard InChI is InChI=1S/C18H18F2N2O3/c1-22(9-10-25-16-7-5-14(19)6-8-16)17(23)12-21-18(24)13-3-2-4-15(20)11-13/h2-8,11H,9-10,12H2,1H3,(H,21,24). The Morgan fingerprint density at radius 3 is 2.48 bits per heavy atom. The van der Waals surface area contributed by atoms with Crippen LogP contribution in [0.2, 0.25) is 0 Å². The first kappa shape index (κ1) is 18.4. The molecule has 0 aliphatic rings. The van der Waals surface area contributed by atoms with Crippen molar-refractivity contribution in [2.75, 3.05) is 26.7 Å². The molecule has 0 bridgehead atoms. The van der Waals surface area contributed by atoms with Crippen LogP contribution in [-0.2, 0) is 4.79 Å². The number of carbonyl (C=O) groups is 2. The molecule has 0 fully saturated rings. The Morgan fingerprint density at radius 2 is 1.80 bits per heavy atom. The molecular formula is C18H18F2N2O3. The molecule has 0 heterocycles. The molecule has 5 nitrogen and oxygen atoms in total. The third-order valence-corrected chi connectivity index (χ3v) is 3.42. The van der Waals surface area contributed by atoms with Crippen molar-refractivity contribution in [1.82, 2.24) is 10.2 Å². The van der Waals surface area contributed by atoms with E-state index in [1.165, 1.54) is 47.4 Å². The van der Waals surface area contributed by atoms with Gasteiger partial charge in [0.1, 0.15) is 24.0 Å². The van der Waals surface area contributed by atoms with E-state index in [1.54, 1.807) is 7.05 Å². The van der Waals surface area contributed by atoms with Gasteiger partial charge in [-0.25, -0.2) is 8.78 Å². The van der Waals surface area contributed by atoms with Gasteiger partial charge >= 0.3 is 0 Å². The minimum atomic E-state index is -0.524. The molecule has 0 aromatic heterocycles. The van der Waals surface area contributed by atoms with Crippen molar-refractivity contribution in [3.8, 4) is 5.75 Å². The van der Waals surface area contributed by atoms with Crippen LogP contribution in [0.1, 0.15) is 10.4 Å². The number of amides is 2. The molecule has 0 atom stereocenters. The van der Waals surface area contributed by atoms with Crippen LogP contribution in [-0.4, -0.2) is 43.5 Å². The lowest BCUT2D eigenvalue weighted by molar-refractivity contribution is -0.129. The topological polar surface area (TPSA) is 58.6 Å². The van der Waals surface area contributed by atoms with Crippen molar-refractivity contribution in [3.63, 3.8) is 0 Å². The summed E-state index contributed by atoms with van der Waals surface area (Å²) in [7, 11) is 1.57. The van der Waals surface area contributed by atoms with Crippen LogP contribution >= 0.6 is 0 Å². The van der Waals surface area contributed by atoms with Crippen molar-refractivity contribution >= 4 is 11.8 Å². The normalized spacial score (nSPS) is 10.2. The van der Waals surface area contributed by atoms with Crippen LogP contribution in [0, 0.1) is 11.6 Å². The predicted molar refractivity (Wildman–Crippen MR) is 88.3 cm³/mol. The zero-order valence-electron chi connectivity index (χ0n) is 13.7. The molecule has 2 aromatic rings. The monoisotopic (exact) mass is 348 g/mol. The van der Waals surface area contributed by atoms with Gasteiger partial charge in [-0.1, -0.05) is 6.07 Å². The summed E-state index contributed by atoms with van der Waals surface area (Å²) in [5.41, 5.74) is 0.148. The van der Waals surface area contributed by atoms with E-state index in [0.29, 0.717) is 12.3 Å². The predicted octanol–water partition coefficient (Wildman–Crippen LogP) is 2.23. The Kier molecular flexibility index (Phi) is 6.45. The van der Waals surface area contributed by atoms with Gasteiger partial charge in [-0.2, -0.15) is 0 Å². The molecule has 2 aromatic carbocycles. The number of halogens is 2. The number of carbonyl (C=O) groups excluding carboxylic acids is 2. The first-order chi connectivity index (χ1) is 12.0. The van der Waals surface area contributed by atoms with Gasteiger partial charge in [0.15, 0.2) is 0 Å². The molecule has 25 heavy (non-hydrogen) atoms. The Labute approximate surface area is 144 Å². The number of likely N-dealkylation sites (N-methyl/N-ethyl adjacent to an activating group) is 1. The molecule has 0 aliphatic carbocycles. The van der Waals surface area contributed by atoms with Crippen LogP contribution in [0.15, 0.2) is 48.5 Å². The number of nitrogens with zero attached hydrogens (tertiary/aromatic N) is 1. The summed E-state index contributed by atoms with van der Waals surface area (Å²) < 4.78 is 31.2. The number of hydrogen-bond acceptors (Lipinski definition) is 3. The Bertz CT molecular complexity index is 735. The molecule has 2 amide bonds. The molecule has 0 radical (unpaired) electrons. The second-order valence-electron chi connectivity index (χ2n) is 5.31. The van der Waals surface area contributed by atoms with Crippen LogP contribution < -0.4 is 10.1 Å². The highest BCUT2D eigenvalue weighted by atomic mass is 19.1. The van der Waals surface area contributed by atoms with Crippen LogP contribution in [0.3, 0.4) is 0 Å². The lowest BCUT2D eigenvalue weighted by atomic mass is 10.2. The van der Waals surface area contributed by atoms with Gasteiger partial charge < -0.3 is 15.0 Å². The van der Waals surface area contributed by atoms with Crippen LogP contribution in [0.5, 0.6) is 5.75 Å². The minimum Gasteiger partial charge on any atom is -0.492 e. The average Bonchev–Trinajstić information content (AvgIpc) is 2.61. The molecule has 0 saturated heterocycles. The second kappa shape index (κ2) is 8.77. The first-order valence-corrected chi connectivity index (χ1v) is 7.62. The smallest absolute Gasteiger partial charge is 0.251 e. The fourth-order valence-corrected chi connectivity index (χ4v) is 1.98. The van der Waals surface area contributed by atoms with Crippen LogP contribution in [0.4, 0.5) is 8.78 Å². The molecule has 2 rings (SSSR count). The van der Waals surface area contributed by atoms with Gasteiger partial charge in [-0.3, -0.25) is 9.59 Å². The maximum absolute atomic E-state index is 13.1. The Morgan fingerprint density at radius 1 is 1.08 bits per heavy atom. The van der Waals surface area contributed by atoms with E-state index in [1.807, 2.05) is 0 Å². The third kappa shape index (κ3) is 5.87. The minimum absolute atomic E-state index is 0.148. The van der Waals surface area contributed by atoms with E-state index >= 15 is 0 Å². The van der Waals surface area contributed by atoms with Gasteiger partial charge in [-0.15, -0.1) is 0 Å². The zero-order chi connectivity index (χ0) is 18.2. The summed E-state index contributed by atoms with van der Waals surface area (Å²) in [6.07, 6.45) is 0. The molecule has 132 valence electrons. The van der Waals surface area contributed by atoms with Crippen molar-refractivity contribution < 1.29 is 23.1 Å². The zero-order valence-corrected chi connectivity index (χ0v) is 13.7. The van der Waals surface area contributed by atoms with Crippen molar-refractivity contribution in [3.05, 3.63) is 65.7 Å². The van der Waals surface area contributed by atoms with Gasteiger partial charge in [0.2, 0.25) is 5.91 Å². The maximum Gasteiger partial charge on any atom is 0.251 e. The highest BCUT2D eigenvalue weighted by Crippen LogP contribution is 2.10. The molecule has 0 unspecified atom stereocenters. The molecule has 0 saturated carbocycles. The van der Waals surface area contributed by atoms with E-state index in [-0.39, 0.29) is 30.4 Å². The van der Waals surface area contributed by atoms with E-state index < -0.39 is 11.7 Å². The Balaban J connectivity index is 1.72. The number of nitrogens with one attached hydrogen (secondary N) is 1. The highest BCUT2D eigenvalue weighted by molar-refractivity contribution is 5.96. The first-order valence-electron chi connectivity index (χ1n) is 7.62. The lowest BCUT2D eigenvalue weighted by Gasteiger charge is -2.18. The fourth-order valence-electron chi connectivity index (χ4n) is 1.98. The molecule has 1 N–H and O–H groups in total. The number of hydrogen-bond donors (Lipinski definition) is 1. The van der Waals surface area contributed by atoms with Gasteiger partial charge in [0, 0.05) is 12.6 Å². The molecule has 0 spiro atoms. The van der Waals surface area contributed by atoms with E-state index in [4.69, 9.17) is 4.74 Å². The Hall–Kier alpha value is -2.96. The number of ether oxygens (including phenoxy) is 1. The largest absolute Gasteiger partial charge is 0.492 e. The maximum atomic E-state index is 13.1. The summed E-state index contributed by atoms with van der Waals surface area (Å²) in [5, 5.41) is 2.44.